The SMILES string of the molecule is Cc1nc2c3[c-]c(Oc4[c-]c5c(cc4)c4ncccc4n4cc(-c6ccccc6)nc54)ccc3c3cccnc3n2c1C.[Pt+2]. The summed E-state index contributed by atoms with van der Waals surface area (Å²) in [6.07, 6.45) is 5.69. The molecule has 9 aromatic rings. The molecule has 44 heavy (non-hydrogen) atoms. The Morgan fingerprint density at radius 2 is 1.39 bits per heavy atom. The molecule has 0 aliphatic carbocycles. The Bertz CT molecular complexity index is 2570. The van der Waals surface area contributed by atoms with Crippen molar-refractivity contribution in [2.75, 3.05) is 0 Å². The molecule has 0 unspecified atom stereocenters. The summed E-state index contributed by atoms with van der Waals surface area (Å²) < 4.78 is 10.6. The molecule has 6 aromatic heterocycles. The fourth-order valence-corrected chi connectivity index (χ4v) is 6.07. The molecule has 0 saturated heterocycles. The summed E-state index contributed by atoms with van der Waals surface area (Å²) in [5, 5.41) is 4.76. The first-order valence-corrected chi connectivity index (χ1v) is 14.1. The fraction of sp³-hybridized carbons (Fsp3) is 0.0556. The Morgan fingerprint density at radius 3 is 2.20 bits per heavy atom. The Hall–Kier alpha value is -5.13. The van der Waals surface area contributed by atoms with Crippen LogP contribution in [0.15, 0.2) is 97.5 Å². The van der Waals surface area contributed by atoms with Crippen molar-refractivity contribution in [3.63, 3.8) is 0 Å². The number of pyridine rings is 4. The molecule has 8 heteroatoms. The van der Waals surface area contributed by atoms with E-state index in [2.05, 4.69) is 69.4 Å². The van der Waals surface area contributed by atoms with E-state index in [-0.39, 0.29) is 21.1 Å². The maximum atomic E-state index is 6.42. The predicted molar refractivity (Wildman–Crippen MR) is 169 cm³/mol. The second-order valence-electron chi connectivity index (χ2n) is 10.7. The molecule has 7 nitrogen and oxygen atoms in total. The predicted octanol–water partition coefficient (Wildman–Crippen LogP) is 8.06. The molecule has 0 aliphatic heterocycles. The van der Waals surface area contributed by atoms with Gasteiger partial charge in [-0.05, 0) is 37.4 Å². The third-order valence-corrected chi connectivity index (χ3v) is 8.21. The van der Waals surface area contributed by atoms with Crippen LogP contribution in [0.5, 0.6) is 11.5 Å². The van der Waals surface area contributed by atoms with E-state index in [9.17, 15) is 0 Å². The largest absolute Gasteiger partial charge is 2.00 e. The van der Waals surface area contributed by atoms with Crippen LogP contribution >= 0.6 is 0 Å². The number of aromatic nitrogens is 6. The normalized spacial score (nSPS) is 11.7. The maximum absolute atomic E-state index is 6.42. The van der Waals surface area contributed by atoms with Crippen LogP contribution in [0, 0.1) is 26.0 Å². The quantitative estimate of drug-likeness (QED) is 0.135. The monoisotopic (exact) mass is 749 g/mol. The average molecular weight is 750 g/mol. The number of aryl methyl sites for hydroxylation is 2. The van der Waals surface area contributed by atoms with Gasteiger partial charge in [0.05, 0.1) is 28.0 Å². The Labute approximate surface area is 266 Å². The number of nitrogens with zero attached hydrogens (tertiary/aromatic N) is 6. The molecule has 0 amide bonds. The molecule has 0 bridgehead atoms. The van der Waals surface area contributed by atoms with Crippen LogP contribution in [0.25, 0.3) is 66.2 Å². The zero-order valence-corrected chi connectivity index (χ0v) is 25.9. The van der Waals surface area contributed by atoms with Crippen LogP contribution in [-0.2, 0) is 21.1 Å². The first kappa shape index (κ1) is 26.5. The number of ether oxygens (including phenoxy) is 1. The molecular formula is C36H22N6OPt. The molecule has 212 valence electrons. The zero-order valence-electron chi connectivity index (χ0n) is 23.6. The summed E-state index contributed by atoms with van der Waals surface area (Å²) in [6.45, 7) is 4.09. The minimum Gasteiger partial charge on any atom is -0.497 e. The van der Waals surface area contributed by atoms with Crippen molar-refractivity contribution in [2.45, 2.75) is 13.8 Å². The van der Waals surface area contributed by atoms with Crippen LogP contribution in [-0.4, -0.2) is 28.7 Å². The first-order valence-electron chi connectivity index (χ1n) is 14.1. The molecule has 3 aromatic carbocycles. The molecule has 0 saturated carbocycles. The Morgan fingerprint density at radius 1 is 0.659 bits per heavy atom. The van der Waals surface area contributed by atoms with Crippen molar-refractivity contribution in [2.24, 2.45) is 0 Å². The van der Waals surface area contributed by atoms with E-state index in [1.807, 2.05) is 67.8 Å². The minimum absolute atomic E-state index is 0. The van der Waals surface area contributed by atoms with E-state index in [1.54, 1.807) is 0 Å². The molecule has 0 spiro atoms. The molecule has 0 radical (unpaired) electrons. The molecule has 0 fully saturated rings. The van der Waals surface area contributed by atoms with Crippen LogP contribution in [0.1, 0.15) is 11.4 Å². The number of hydrogen-bond donors (Lipinski definition) is 0. The standard InChI is InChI=1S/C36H22N6O.Pt/c1-21-22(2)42-34-28(10-6-17-38-34)26-14-12-24(18-29(26)36(42)39-21)43-25-13-15-27-30(19-25)35-40-31(23-8-4-3-5-9-23)20-41(35)32-11-7-16-37-33(27)32;/h3-17,20H,1-2H3;/q-2;+2. The van der Waals surface area contributed by atoms with E-state index in [0.29, 0.717) is 11.5 Å². The summed E-state index contributed by atoms with van der Waals surface area (Å²) in [5.41, 5.74) is 8.32. The second-order valence-corrected chi connectivity index (χ2v) is 10.7. The van der Waals surface area contributed by atoms with Gasteiger partial charge in [-0.3, -0.25) is 15.0 Å². The van der Waals surface area contributed by atoms with E-state index in [1.165, 1.54) is 0 Å². The molecular weight excluding hydrogens is 728 g/mol. The van der Waals surface area contributed by atoms with Gasteiger partial charge in [0, 0.05) is 47.0 Å². The van der Waals surface area contributed by atoms with Gasteiger partial charge in [-0.15, -0.1) is 12.1 Å². The molecule has 0 atom stereocenters. The van der Waals surface area contributed by atoms with Gasteiger partial charge in [-0.2, -0.15) is 0 Å². The van der Waals surface area contributed by atoms with Gasteiger partial charge in [0.2, 0.25) is 0 Å². The number of imidazole rings is 2. The molecule has 0 aliphatic rings. The van der Waals surface area contributed by atoms with Crippen LogP contribution in [0.2, 0.25) is 0 Å². The van der Waals surface area contributed by atoms with Crippen LogP contribution < -0.4 is 4.74 Å². The van der Waals surface area contributed by atoms with E-state index in [0.717, 1.165) is 77.6 Å². The summed E-state index contributed by atoms with van der Waals surface area (Å²) in [7, 11) is 0. The summed E-state index contributed by atoms with van der Waals surface area (Å²) >= 11 is 0. The van der Waals surface area contributed by atoms with Crippen molar-refractivity contribution in [1.29, 1.82) is 0 Å². The Kier molecular flexibility index (Phi) is 6.00. The average Bonchev–Trinajstić information content (AvgIpc) is 3.64. The van der Waals surface area contributed by atoms with Gasteiger partial charge in [-0.1, -0.05) is 82.2 Å². The van der Waals surface area contributed by atoms with Crippen LogP contribution in [0.4, 0.5) is 0 Å². The van der Waals surface area contributed by atoms with Crippen molar-refractivity contribution in [1.82, 2.24) is 28.7 Å². The van der Waals surface area contributed by atoms with Gasteiger partial charge in [-0.25, -0.2) is 4.98 Å². The fourth-order valence-electron chi connectivity index (χ4n) is 6.07. The van der Waals surface area contributed by atoms with E-state index < -0.39 is 0 Å². The molecule has 0 N–H and O–H groups in total. The van der Waals surface area contributed by atoms with Gasteiger partial charge in [0.1, 0.15) is 5.65 Å². The second kappa shape index (κ2) is 9.97. The number of benzene rings is 3. The summed E-state index contributed by atoms with van der Waals surface area (Å²) in [4.78, 5) is 19.3. The van der Waals surface area contributed by atoms with Gasteiger partial charge < -0.3 is 13.5 Å². The first-order chi connectivity index (χ1) is 21.1. The van der Waals surface area contributed by atoms with Gasteiger partial charge >= 0.3 is 21.1 Å². The van der Waals surface area contributed by atoms with Crippen molar-refractivity contribution >= 4 is 54.9 Å². The number of rotatable bonds is 3. The topological polar surface area (TPSA) is 69.6 Å². The molecule has 9 rings (SSSR count). The van der Waals surface area contributed by atoms with Crippen molar-refractivity contribution in [3.05, 3.63) is 121 Å². The van der Waals surface area contributed by atoms with Gasteiger partial charge in [0.15, 0.2) is 0 Å². The molecule has 6 heterocycles. The van der Waals surface area contributed by atoms with Crippen LogP contribution in [0.3, 0.4) is 0 Å². The smallest absolute Gasteiger partial charge is 0.497 e. The van der Waals surface area contributed by atoms with Crippen molar-refractivity contribution < 1.29 is 25.8 Å². The van der Waals surface area contributed by atoms with Crippen molar-refractivity contribution in [3.8, 4) is 22.8 Å². The number of hydrogen-bond acceptors (Lipinski definition) is 5. The zero-order chi connectivity index (χ0) is 28.7. The third-order valence-electron chi connectivity index (χ3n) is 8.21. The Balaban J connectivity index is 0.00000289. The maximum Gasteiger partial charge on any atom is 2.00 e. The van der Waals surface area contributed by atoms with Gasteiger partial charge in [0.25, 0.3) is 0 Å². The summed E-state index contributed by atoms with van der Waals surface area (Å²) in [6, 6.07) is 33.2. The minimum atomic E-state index is 0. The summed E-state index contributed by atoms with van der Waals surface area (Å²) in [5.74, 6) is 1.15. The van der Waals surface area contributed by atoms with E-state index in [4.69, 9.17) is 19.7 Å². The number of fused-ring (bicyclic) bond motifs is 12. The third kappa shape index (κ3) is 3.86. The van der Waals surface area contributed by atoms with E-state index >= 15 is 0 Å².